The molecule has 2 rings (SSSR count). The lowest BCUT2D eigenvalue weighted by Crippen LogP contribution is -2.08. The van der Waals surface area contributed by atoms with E-state index in [1.807, 2.05) is 6.92 Å². The number of nitrogens with zero attached hydrogens (tertiary/aromatic N) is 2. The van der Waals surface area contributed by atoms with E-state index in [0.717, 1.165) is 5.69 Å². The Hall–Kier alpha value is -1.49. The highest BCUT2D eigenvalue weighted by Crippen LogP contribution is 2.38. The molecule has 0 saturated heterocycles. The molecule has 20 heavy (non-hydrogen) atoms. The molecule has 0 unspecified atom stereocenters. The van der Waals surface area contributed by atoms with E-state index in [9.17, 15) is 5.11 Å². The summed E-state index contributed by atoms with van der Waals surface area (Å²) in [6.07, 6.45) is 1.65. The summed E-state index contributed by atoms with van der Waals surface area (Å²) < 4.78 is 7.00. The van der Waals surface area contributed by atoms with Crippen LogP contribution in [0.4, 0.5) is 0 Å². The molecule has 105 valence electrons. The quantitative estimate of drug-likeness (QED) is 0.822. The first-order chi connectivity index (χ1) is 9.56. The van der Waals surface area contributed by atoms with Gasteiger partial charge in [0.1, 0.15) is 11.8 Å². The van der Waals surface area contributed by atoms with Crippen LogP contribution in [0.2, 0.25) is 10.0 Å². The van der Waals surface area contributed by atoms with Crippen molar-refractivity contribution in [2.45, 2.75) is 13.7 Å². The summed E-state index contributed by atoms with van der Waals surface area (Å²) in [6.45, 7) is 6.82. The molecule has 0 spiro atoms. The van der Waals surface area contributed by atoms with Gasteiger partial charge in [0.2, 0.25) is 0 Å². The molecular weight excluding hydrogens is 299 g/mol. The van der Waals surface area contributed by atoms with Crippen molar-refractivity contribution in [3.63, 3.8) is 0 Å². The zero-order valence-electron chi connectivity index (χ0n) is 10.9. The summed E-state index contributed by atoms with van der Waals surface area (Å²) in [5.41, 5.74) is 2.00. The molecule has 1 radical (unpaired) electrons. The number of benzene rings is 1. The van der Waals surface area contributed by atoms with Crippen LogP contribution in [-0.4, -0.2) is 16.4 Å². The maximum Gasteiger partial charge on any atom is 0.198 e. The topological polar surface area (TPSA) is 47.0 Å². The van der Waals surface area contributed by atoms with Crippen LogP contribution in [0.15, 0.2) is 31.0 Å². The van der Waals surface area contributed by atoms with Gasteiger partial charge in [-0.05, 0) is 25.1 Å². The van der Waals surface area contributed by atoms with Gasteiger partial charge in [0, 0.05) is 23.9 Å². The molecule has 0 N–H and O–H groups in total. The molecule has 0 aliphatic heterocycles. The van der Waals surface area contributed by atoms with Crippen LogP contribution in [0.5, 0.6) is 5.75 Å². The summed E-state index contributed by atoms with van der Waals surface area (Å²) in [7, 11) is 0. The van der Waals surface area contributed by atoms with Crippen LogP contribution >= 0.6 is 23.2 Å². The Morgan fingerprint density at radius 3 is 2.80 bits per heavy atom. The molecule has 6 heteroatoms. The van der Waals surface area contributed by atoms with Crippen molar-refractivity contribution in [1.82, 2.24) is 9.78 Å². The maximum absolute atomic E-state index is 11.4. The highest BCUT2D eigenvalue weighted by molar-refractivity contribution is 6.44. The molecule has 4 nitrogen and oxygen atoms in total. The SMILES string of the molecule is C=C(c1ccc([O])c(Cl)c1Cl)c1ccnn1COCC. The number of hydrogen-bond acceptors (Lipinski definition) is 2. The Kier molecular flexibility index (Phi) is 4.70. The van der Waals surface area contributed by atoms with Gasteiger partial charge in [-0.25, -0.2) is 4.68 Å². The highest BCUT2D eigenvalue weighted by atomic mass is 35.5. The lowest BCUT2D eigenvalue weighted by atomic mass is 10.0. The van der Waals surface area contributed by atoms with Crippen LogP contribution in [0.1, 0.15) is 18.2 Å². The normalized spacial score (nSPS) is 10.8. The Morgan fingerprint density at radius 1 is 1.35 bits per heavy atom. The Morgan fingerprint density at radius 2 is 2.10 bits per heavy atom. The maximum atomic E-state index is 11.4. The molecule has 2 aromatic rings. The van der Waals surface area contributed by atoms with E-state index in [1.54, 1.807) is 23.0 Å². The van der Waals surface area contributed by atoms with Crippen molar-refractivity contribution in [3.05, 3.63) is 52.3 Å². The van der Waals surface area contributed by atoms with E-state index in [0.29, 0.717) is 24.5 Å². The lowest BCUT2D eigenvalue weighted by Gasteiger charge is -2.12. The minimum absolute atomic E-state index is 0.00110. The number of ether oxygens (including phenoxy) is 1. The minimum atomic E-state index is -0.309. The van der Waals surface area contributed by atoms with Gasteiger partial charge >= 0.3 is 0 Å². The zero-order chi connectivity index (χ0) is 14.7. The predicted octanol–water partition coefficient (Wildman–Crippen LogP) is 4.39. The van der Waals surface area contributed by atoms with E-state index in [2.05, 4.69) is 11.7 Å². The third kappa shape index (κ3) is 2.82. The van der Waals surface area contributed by atoms with Crippen molar-refractivity contribution >= 4 is 28.8 Å². The summed E-state index contributed by atoms with van der Waals surface area (Å²) in [6, 6.07) is 4.78. The van der Waals surface area contributed by atoms with E-state index in [-0.39, 0.29) is 15.8 Å². The van der Waals surface area contributed by atoms with Crippen LogP contribution in [0.25, 0.3) is 5.57 Å². The summed E-state index contributed by atoms with van der Waals surface area (Å²) in [5.74, 6) is -0.309. The van der Waals surface area contributed by atoms with Crippen molar-refractivity contribution in [1.29, 1.82) is 0 Å². The van der Waals surface area contributed by atoms with E-state index in [1.165, 1.54) is 6.07 Å². The second-order valence-electron chi connectivity index (χ2n) is 4.06. The van der Waals surface area contributed by atoms with Crippen LogP contribution in [0.3, 0.4) is 0 Å². The fourth-order valence-electron chi connectivity index (χ4n) is 1.77. The molecule has 1 heterocycles. The first-order valence-corrected chi connectivity index (χ1v) is 6.76. The third-order valence-corrected chi connectivity index (χ3v) is 3.68. The first-order valence-electron chi connectivity index (χ1n) is 6.00. The van der Waals surface area contributed by atoms with Crippen LogP contribution < -0.4 is 0 Å². The lowest BCUT2D eigenvalue weighted by molar-refractivity contribution is 0.0786. The highest BCUT2D eigenvalue weighted by Gasteiger charge is 2.16. The molecule has 0 bridgehead atoms. The van der Waals surface area contributed by atoms with Gasteiger partial charge in [-0.3, -0.25) is 5.11 Å². The molecule has 0 aliphatic carbocycles. The van der Waals surface area contributed by atoms with Gasteiger partial charge in [-0.2, -0.15) is 5.10 Å². The standard InChI is InChI=1S/C14H13Cl2N2O2/c1-3-20-8-18-11(6-7-17-18)9(2)10-4-5-12(19)14(16)13(10)15/h4-7H,2-3,8H2,1H3. The van der Waals surface area contributed by atoms with Crippen molar-refractivity contribution in [3.8, 4) is 5.75 Å². The summed E-state index contributed by atoms with van der Waals surface area (Å²) in [5, 5.41) is 15.8. The average molecular weight is 312 g/mol. The Labute approximate surface area is 127 Å². The van der Waals surface area contributed by atoms with Gasteiger partial charge in [0.25, 0.3) is 0 Å². The van der Waals surface area contributed by atoms with Gasteiger partial charge in [0.15, 0.2) is 5.75 Å². The molecule has 0 atom stereocenters. The smallest absolute Gasteiger partial charge is 0.198 e. The number of hydrogen-bond donors (Lipinski definition) is 0. The van der Waals surface area contributed by atoms with E-state index >= 15 is 0 Å². The second-order valence-corrected chi connectivity index (χ2v) is 4.81. The first kappa shape index (κ1) is 14.9. The third-order valence-electron chi connectivity index (χ3n) is 2.82. The van der Waals surface area contributed by atoms with Gasteiger partial charge < -0.3 is 4.74 Å². The van der Waals surface area contributed by atoms with Gasteiger partial charge in [-0.1, -0.05) is 29.8 Å². The van der Waals surface area contributed by atoms with Crippen molar-refractivity contribution < 1.29 is 9.84 Å². The van der Waals surface area contributed by atoms with Crippen LogP contribution in [0, 0.1) is 0 Å². The predicted molar refractivity (Wildman–Crippen MR) is 78.6 cm³/mol. The van der Waals surface area contributed by atoms with E-state index < -0.39 is 0 Å². The van der Waals surface area contributed by atoms with Crippen LogP contribution in [-0.2, 0) is 16.6 Å². The fourth-order valence-corrected chi connectivity index (χ4v) is 2.21. The second kappa shape index (κ2) is 6.31. The average Bonchev–Trinajstić information content (AvgIpc) is 2.90. The molecule has 0 amide bonds. The number of halogens is 2. The van der Waals surface area contributed by atoms with Crippen molar-refractivity contribution in [2.75, 3.05) is 6.61 Å². The zero-order valence-corrected chi connectivity index (χ0v) is 12.4. The number of aromatic nitrogens is 2. The Balaban J connectivity index is 2.37. The largest absolute Gasteiger partial charge is 0.360 e. The summed E-state index contributed by atoms with van der Waals surface area (Å²) in [4.78, 5) is 0. The molecule has 1 aromatic heterocycles. The Bertz CT molecular complexity index is 638. The molecule has 0 saturated carbocycles. The molecule has 0 fully saturated rings. The van der Waals surface area contributed by atoms with Gasteiger partial charge in [-0.15, -0.1) is 0 Å². The molecule has 0 aliphatic rings. The monoisotopic (exact) mass is 311 g/mol. The molecule has 1 aromatic carbocycles. The molecular formula is C14H13Cl2N2O2. The van der Waals surface area contributed by atoms with Crippen molar-refractivity contribution in [2.24, 2.45) is 0 Å². The fraction of sp³-hybridized carbons (Fsp3) is 0.214. The minimum Gasteiger partial charge on any atom is -0.360 e. The van der Waals surface area contributed by atoms with E-state index in [4.69, 9.17) is 27.9 Å². The summed E-state index contributed by atoms with van der Waals surface area (Å²) >= 11 is 12.0. The van der Waals surface area contributed by atoms with Gasteiger partial charge in [0.05, 0.1) is 10.7 Å². The number of rotatable bonds is 5.